The van der Waals surface area contributed by atoms with E-state index in [4.69, 9.17) is 0 Å². The molecule has 2 bridgehead atoms. The average molecular weight is 166 g/mol. The molecule has 0 aromatic rings. The highest BCUT2D eigenvalue weighted by molar-refractivity contribution is 6.13. The third kappa shape index (κ3) is 0.621. The van der Waals surface area contributed by atoms with Gasteiger partial charge in [0.25, 0.3) is 0 Å². The van der Waals surface area contributed by atoms with Crippen LogP contribution in [0.1, 0.15) is 33.6 Å². The molecule has 2 heteroatoms. The number of carbonyl (C=O) groups excluding carboxylic acids is 2. The summed E-state index contributed by atoms with van der Waals surface area (Å²) < 4.78 is 0. The molecule has 2 nitrogen and oxygen atoms in total. The highest BCUT2D eigenvalue weighted by atomic mass is 16.2. The van der Waals surface area contributed by atoms with Crippen LogP contribution in [0.5, 0.6) is 0 Å². The van der Waals surface area contributed by atoms with Gasteiger partial charge in [0.05, 0.1) is 5.41 Å². The summed E-state index contributed by atoms with van der Waals surface area (Å²) in [5, 5.41) is 0. The second-order valence-corrected chi connectivity index (χ2v) is 4.91. The Morgan fingerprint density at radius 1 is 1.25 bits per heavy atom. The van der Waals surface area contributed by atoms with Gasteiger partial charge in [0.15, 0.2) is 5.78 Å². The summed E-state index contributed by atoms with van der Waals surface area (Å²) in [6, 6.07) is 0. The Morgan fingerprint density at radius 3 is 2.17 bits per heavy atom. The minimum Gasteiger partial charge on any atom is -0.299 e. The fraction of sp³-hybridized carbons (Fsp3) is 0.800. The highest BCUT2D eigenvalue weighted by Gasteiger charge is 2.63. The third-order valence-electron chi connectivity index (χ3n) is 3.81. The molecule has 0 radical (unpaired) electrons. The van der Waals surface area contributed by atoms with Gasteiger partial charge in [-0.05, 0) is 19.3 Å². The maximum atomic E-state index is 11.8. The Morgan fingerprint density at radius 2 is 1.83 bits per heavy atom. The minimum atomic E-state index is -0.617. The summed E-state index contributed by atoms with van der Waals surface area (Å²) >= 11 is 0. The van der Waals surface area contributed by atoms with Crippen molar-refractivity contribution < 1.29 is 9.59 Å². The smallest absolute Gasteiger partial charge is 0.151 e. The first-order chi connectivity index (χ1) is 5.39. The molecule has 2 unspecified atom stereocenters. The number of hydrogen-bond donors (Lipinski definition) is 0. The first-order valence-electron chi connectivity index (χ1n) is 4.47. The van der Waals surface area contributed by atoms with Crippen LogP contribution >= 0.6 is 0 Å². The Balaban J connectivity index is 2.50. The second-order valence-electron chi connectivity index (χ2n) is 4.91. The molecular weight excluding hydrogens is 152 g/mol. The van der Waals surface area contributed by atoms with Crippen molar-refractivity contribution in [2.24, 2.45) is 16.7 Å². The lowest BCUT2D eigenvalue weighted by atomic mass is 9.71. The summed E-state index contributed by atoms with van der Waals surface area (Å²) in [6.07, 6.45) is 1.41. The van der Waals surface area contributed by atoms with Crippen molar-refractivity contribution in [3.05, 3.63) is 0 Å². The van der Waals surface area contributed by atoms with Gasteiger partial charge in [-0.1, -0.05) is 13.8 Å². The van der Waals surface area contributed by atoms with E-state index in [0.29, 0.717) is 12.3 Å². The van der Waals surface area contributed by atoms with Crippen molar-refractivity contribution in [3.63, 3.8) is 0 Å². The van der Waals surface area contributed by atoms with E-state index >= 15 is 0 Å². The molecule has 0 N–H and O–H groups in total. The predicted octanol–water partition coefficient (Wildman–Crippen LogP) is 1.58. The zero-order valence-corrected chi connectivity index (χ0v) is 7.81. The van der Waals surface area contributed by atoms with E-state index in [0.717, 1.165) is 6.42 Å². The number of hydrogen-bond acceptors (Lipinski definition) is 2. The van der Waals surface area contributed by atoms with Gasteiger partial charge >= 0.3 is 0 Å². The Bertz CT molecular complexity index is 278. The summed E-state index contributed by atoms with van der Waals surface area (Å²) in [6.45, 7) is 5.75. The lowest BCUT2D eigenvalue weighted by molar-refractivity contribution is -0.143. The molecule has 2 saturated carbocycles. The van der Waals surface area contributed by atoms with Crippen molar-refractivity contribution in [2.45, 2.75) is 33.6 Å². The van der Waals surface area contributed by atoms with Gasteiger partial charge in [-0.25, -0.2) is 0 Å². The van der Waals surface area contributed by atoms with Crippen LogP contribution in [-0.4, -0.2) is 11.6 Å². The molecule has 0 saturated heterocycles. The summed E-state index contributed by atoms with van der Waals surface area (Å²) in [7, 11) is 0. The topological polar surface area (TPSA) is 34.1 Å². The van der Waals surface area contributed by atoms with E-state index in [2.05, 4.69) is 0 Å². The highest BCUT2D eigenvalue weighted by Crippen LogP contribution is 2.57. The van der Waals surface area contributed by atoms with Crippen LogP contribution in [0, 0.1) is 16.7 Å². The van der Waals surface area contributed by atoms with Crippen LogP contribution < -0.4 is 0 Å². The summed E-state index contributed by atoms with van der Waals surface area (Å²) in [5.74, 6) is 0.635. The molecule has 0 aliphatic heterocycles. The van der Waals surface area contributed by atoms with E-state index in [1.165, 1.54) is 0 Å². The SMILES string of the molecule is CC12CC(CC1=O)C(C)(C)C2=O. The molecule has 0 aromatic heterocycles. The van der Waals surface area contributed by atoms with Crippen molar-refractivity contribution in [1.82, 2.24) is 0 Å². The van der Waals surface area contributed by atoms with Crippen LogP contribution in [0.3, 0.4) is 0 Å². The quantitative estimate of drug-likeness (QED) is 0.512. The molecule has 2 aliphatic carbocycles. The molecule has 2 atom stereocenters. The normalized spacial score (nSPS) is 44.1. The van der Waals surface area contributed by atoms with Gasteiger partial charge in [-0.3, -0.25) is 9.59 Å². The van der Waals surface area contributed by atoms with Gasteiger partial charge in [0.1, 0.15) is 5.78 Å². The zero-order valence-electron chi connectivity index (χ0n) is 7.81. The van der Waals surface area contributed by atoms with Crippen molar-refractivity contribution in [2.75, 3.05) is 0 Å². The molecule has 66 valence electrons. The number of ketones is 2. The van der Waals surface area contributed by atoms with E-state index < -0.39 is 5.41 Å². The van der Waals surface area contributed by atoms with Crippen molar-refractivity contribution in [1.29, 1.82) is 0 Å². The van der Waals surface area contributed by atoms with Crippen LogP contribution in [0.25, 0.3) is 0 Å². The van der Waals surface area contributed by atoms with Gasteiger partial charge in [-0.15, -0.1) is 0 Å². The number of fused-ring (bicyclic) bond motifs is 2. The molecule has 0 heterocycles. The largest absolute Gasteiger partial charge is 0.299 e. The maximum Gasteiger partial charge on any atom is 0.151 e. The fourth-order valence-corrected chi connectivity index (χ4v) is 2.75. The van der Waals surface area contributed by atoms with E-state index in [1.54, 1.807) is 0 Å². The minimum absolute atomic E-state index is 0.163. The predicted molar refractivity (Wildman–Crippen MR) is 44.6 cm³/mol. The summed E-state index contributed by atoms with van der Waals surface area (Å²) in [5.41, 5.74) is -0.864. The molecule has 2 fully saturated rings. The number of Topliss-reactive ketones (excluding diaryl/α,β-unsaturated/α-hetero) is 2. The fourth-order valence-electron chi connectivity index (χ4n) is 2.75. The summed E-state index contributed by atoms with van der Waals surface area (Å²) in [4.78, 5) is 23.2. The molecule has 2 rings (SSSR count). The van der Waals surface area contributed by atoms with Crippen molar-refractivity contribution >= 4 is 11.6 Å². The van der Waals surface area contributed by atoms with Crippen LogP contribution in [0.15, 0.2) is 0 Å². The second kappa shape index (κ2) is 1.81. The lowest BCUT2D eigenvalue weighted by Gasteiger charge is -2.30. The molecule has 2 aliphatic rings. The Kier molecular flexibility index (Phi) is 1.20. The number of carbonyl (C=O) groups is 2. The monoisotopic (exact) mass is 166 g/mol. The van der Waals surface area contributed by atoms with Gasteiger partial charge < -0.3 is 0 Å². The zero-order chi connectivity index (χ0) is 9.15. The Hall–Kier alpha value is -0.660. The van der Waals surface area contributed by atoms with E-state index in [9.17, 15) is 9.59 Å². The first-order valence-corrected chi connectivity index (χ1v) is 4.47. The molecular formula is C10H14O2. The van der Waals surface area contributed by atoms with Gasteiger partial charge in [0.2, 0.25) is 0 Å². The van der Waals surface area contributed by atoms with E-state index in [1.807, 2.05) is 20.8 Å². The molecule has 0 spiro atoms. The molecule has 0 aromatic carbocycles. The molecule has 0 amide bonds. The average Bonchev–Trinajstić information content (AvgIpc) is 2.34. The van der Waals surface area contributed by atoms with Crippen molar-refractivity contribution in [3.8, 4) is 0 Å². The van der Waals surface area contributed by atoms with E-state index in [-0.39, 0.29) is 17.0 Å². The lowest BCUT2D eigenvalue weighted by Crippen LogP contribution is -2.41. The first kappa shape index (κ1) is 7.96. The maximum absolute atomic E-state index is 11.8. The van der Waals surface area contributed by atoms with Gasteiger partial charge in [0, 0.05) is 11.8 Å². The molecule has 12 heavy (non-hydrogen) atoms. The van der Waals surface area contributed by atoms with Crippen LogP contribution in [-0.2, 0) is 9.59 Å². The van der Waals surface area contributed by atoms with Crippen LogP contribution in [0.2, 0.25) is 0 Å². The van der Waals surface area contributed by atoms with Crippen LogP contribution in [0.4, 0.5) is 0 Å². The Labute approximate surface area is 72.3 Å². The number of rotatable bonds is 0. The third-order valence-corrected chi connectivity index (χ3v) is 3.81. The standard InChI is InChI=1S/C10H14O2/c1-9(2)6-4-7(11)10(3,5-6)8(9)12/h6H,4-5H2,1-3H3. The van der Waals surface area contributed by atoms with Gasteiger partial charge in [-0.2, -0.15) is 0 Å².